The highest BCUT2D eigenvalue weighted by Gasteiger charge is 2.15. The van der Waals surface area contributed by atoms with E-state index in [0.29, 0.717) is 19.1 Å². The highest BCUT2D eigenvalue weighted by molar-refractivity contribution is 4.68. The third kappa shape index (κ3) is 8.03. The second kappa shape index (κ2) is 9.73. The summed E-state index contributed by atoms with van der Waals surface area (Å²) in [6.45, 7) is 8.91. The zero-order valence-electron chi connectivity index (χ0n) is 11.9. The summed E-state index contributed by atoms with van der Waals surface area (Å²) in [6.07, 6.45) is 3.01. The third-order valence-corrected chi connectivity index (χ3v) is 3.22. The van der Waals surface area contributed by atoms with Crippen molar-refractivity contribution in [2.75, 3.05) is 39.5 Å². The van der Waals surface area contributed by atoms with Crippen LogP contribution < -0.4 is 5.32 Å². The van der Waals surface area contributed by atoms with Crippen LogP contribution in [0.15, 0.2) is 0 Å². The van der Waals surface area contributed by atoms with Crippen molar-refractivity contribution in [2.45, 2.75) is 39.2 Å². The van der Waals surface area contributed by atoms with Crippen LogP contribution in [0.5, 0.6) is 0 Å². The van der Waals surface area contributed by atoms with Crippen LogP contribution in [0.25, 0.3) is 0 Å². The molecule has 1 saturated heterocycles. The molecule has 1 aliphatic heterocycles. The molecule has 18 heavy (non-hydrogen) atoms. The molecule has 1 aliphatic rings. The number of aliphatic hydroxyl groups is 1. The number of rotatable bonds is 10. The predicted octanol–water partition coefficient (Wildman–Crippen LogP) is 1.43. The molecule has 0 aromatic carbocycles. The molecule has 0 radical (unpaired) electrons. The van der Waals surface area contributed by atoms with E-state index < -0.39 is 6.10 Å². The minimum atomic E-state index is -0.397. The topological polar surface area (TPSA) is 50.7 Å². The summed E-state index contributed by atoms with van der Waals surface area (Å²) in [5.74, 6) is 1.35. The molecular weight excluding hydrogens is 230 g/mol. The van der Waals surface area contributed by atoms with E-state index in [4.69, 9.17) is 9.47 Å². The van der Waals surface area contributed by atoms with Crippen LogP contribution >= 0.6 is 0 Å². The van der Waals surface area contributed by atoms with Gasteiger partial charge >= 0.3 is 0 Å². The van der Waals surface area contributed by atoms with Gasteiger partial charge in [0.2, 0.25) is 0 Å². The van der Waals surface area contributed by atoms with Gasteiger partial charge in [0.25, 0.3) is 0 Å². The first-order valence-corrected chi connectivity index (χ1v) is 7.22. The van der Waals surface area contributed by atoms with Gasteiger partial charge < -0.3 is 19.9 Å². The highest BCUT2D eigenvalue weighted by Crippen LogP contribution is 2.10. The van der Waals surface area contributed by atoms with E-state index in [2.05, 4.69) is 19.2 Å². The lowest BCUT2D eigenvalue weighted by molar-refractivity contribution is 0.0343. The maximum atomic E-state index is 9.71. The van der Waals surface area contributed by atoms with Crippen molar-refractivity contribution in [3.63, 3.8) is 0 Å². The van der Waals surface area contributed by atoms with E-state index in [1.165, 1.54) is 6.42 Å². The first kappa shape index (κ1) is 15.9. The van der Waals surface area contributed by atoms with Crippen LogP contribution in [0.3, 0.4) is 0 Å². The Balaban J connectivity index is 1.85. The van der Waals surface area contributed by atoms with Crippen molar-refractivity contribution in [3.8, 4) is 0 Å². The maximum Gasteiger partial charge on any atom is 0.0897 e. The monoisotopic (exact) mass is 259 g/mol. The lowest BCUT2D eigenvalue weighted by Crippen LogP contribution is -2.33. The summed E-state index contributed by atoms with van der Waals surface area (Å²) in [5.41, 5.74) is 0. The lowest BCUT2D eigenvalue weighted by atomic mass is 10.1. The molecule has 0 amide bonds. The fraction of sp³-hybridized carbons (Fsp3) is 1.00. The van der Waals surface area contributed by atoms with Crippen LogP contribution in [0.4, 0.5) is 0 Å². The molecule has 0 saturated carbocycles. The summed E-state index contributed by atoms with van der Waals surface area (Å²) in [4.78, 5) is 0. The SMILES string of the molecule is CC(C)CCCOCC(O)CNCC1CCOC1. The Bertz CT molecular complexity index is 193. The first-order valence-electron chi connectivity index (χ1n) is 7.22. The van der Waals surface area contributed by atoms with Gasteiger partial charge in [-0.05, 0) is 31.1 Å². The average Bonchev–Trinajstić information content (AvgIpc) is 2.81. The van der Waals surface area contributed by atoms with Crippen LogP contribution in [-0.2, 0) is 9.47 Å². The number of ether oxygens (including phenoxy) is 2. The summed E-state index contributed by atoms with van der Waals surface area (Å²) >= 11 is 0. The Hall–Kier alpha value is -0.160. The van der Waals surface area contributed by atoms with Gasteiger partial charge in [0.1, 0.15) is 0 Å². The standard InChI is InChI=1S/C14H29NO3/c1-12(2)4-3-6-17-11-14(16)9-15-8-13-5-7-18-10-13/h12-16H,3-11H2,1-2H3. The number of hydrogen-bond acceptors (Lipinski definition) is 4. The number of aliphatic hydroxyl groups excluding tert-OH is 1. The Morgan fingerprint density at radius 3 is 2.94 bits per heavy atom. The minimum absolute atomic E-state index is 0.397. The lowest BCUT2D eigenvalue weighted by Gasteiger charge is -2.14. The highest BCUT2D eigenvalue weighted by atomic mass is 16.5. The van der Waals surface area contributed by atoms with Gasteiger partial charge in [-0.1, -0.05) is 13.8 Å². The third-order valence-electron chi connectivity index (χ3n) is 3.22. The molecule has 1 heterocycles. The largest absolute Gasteiger partial charge is 0.389 e. The molecule has 0 aromatic rings. The van der Waals surface area contributed by atoms with Gasteiger partial charge in [0.05, 0.1) is 19.3 Å². The molecular formula is C14H29NO3. The second-order valence-electron chi connectivity index (χ2n) is 5.65. The van der Waals surface area contributed by atoms with Crippen LogP contribution in [0, 0.1) is 11.8 Å². The van der Waals surface area contributed by atoms with E-state index in [9.17, 15) is 5.11 Å². The van der Waals surface area contributed by atoms with Crippen molar-refractivity contribution in [2.24, 2.45) is 11.8 Å². The summed E-state index contributed by atoms with van der Waals surface area (Å²) < 4.78 is 10.8. The smallest absolute Gasteiger partial charge is 0.0897 e. The normalized spacial score (nSPS) is 21.7. The number of hydrogen-bond donors (Lipinski definition) is 2. The van der Waals surface area contributed by atoms with Crippen LogP contribution in [-0.4, -0.2) is 50.7 Å². The van der Waals surface area contributed by atoms with Crippen molar-refractivity contribution >= 4 is 0 Å². The molecule has 2 atom stereocenters. The quantitative estimate of drug-likeness (QED) is 0.583. The van der Waals surface area contributed by atoms with Gasteiger partial charge in [-0.2, -0.15) is 0 Å². The molecule has 0 aromatic heterocycles. The molecule has 2 unspecified atom stereocenters. The molecule has 4 heteroatoms. The fourth-order valence-corrected chi connectivity index (χ4v) is 2.07. The Morgan fingerprint density at radius 2 is 2.28 bits per heavy atom. The van der Waals surface area contributed by atoms with E-state index in [-0.39, 0.29) is 0 Å². The van der Waals surface area contributed by atoms with Gasteiger partial charge in [-0.25, -0.2) is 0 Å². The van der Waals surface area contributed by atoms with E-state index in [1.54, 1.807) is 0 Å². The molecule has 0 bridgehead atoms. The van der Waals surface area contributed by atoms with E-state index in [1.807, 2.05) is 0 Å². The predicted molar refractivity (Wildman–Crippen MR) is 72.7 cm³/mol. The van der Waals surface area contributed by atoms with Gasteiger partial charge in [-0.15, -0.1) is 0 Å². The van der Waals surface area contributed by atoms with Crippen molar-refractivity contribution in [1.29, 1.82) is 0 Å². The Labute approximate surface area is 111 Å². The van der Waals surface area contributed by atoms with Gasteiger partial charge in [-0.3, -0.25) is 0 Å². The molecule has 4 nitrogen and oxygen atoms in total. The molecule has 0 aliphatic carbocycles. The molecule has 1 fully saturated rings. The number of nitrogens with one attached hydrogen (secondary N) is 1. The van der Waals surface area contributed by atoms with Gasteiger partial charge in [0, 0.05) is 26.3 Å². The Morgan fingerprint density at radius 1 is 1.44 bits per heavy atom. The second-order valence-corrected chi connectivity index (χ2v) is 5.65. The first-order chi connectivity index (χ1) is 8.68. The summed E-state index contributed by atoms with van der Waals surface area (Å²) in [7, 11) is 0. The minimum Gasteiger partial charge on any atom is -0.389 e. The van der Waals surface area contributed by atoms with Crippen LogP contribution in [0.1, 0.15) is 33.1 Å². The van der Waals surface area contributed by atoms with E-state index >= 15 is 0 Å². The maximum absolute atomic E-state index is 9.71. The zero-order valence-corrected chi connectivity index (χ0v) is 11.9. The van der Waals surface area contributed by atoms with Crippen molar-refractivity contribution in [1.82, 2.24) is 5.32 Å². The fourth-order valence-electron chi connectivity index (χ4n) is 2.07. The van der Waals surface area contributed by atoms with Crippen LogP contribution in [0.2, 0.25) is 0 Å². The van der Waals surface area contributed by atoms with Crippen molar-refractivity contribution < 1.29 is 14.6 Å². The zero-order chi connectivity index (χ0) is 13.2. The van der Waals surface area contributed by atoms with Gasteiger partial charge in [0.15, 0.2) is 0 Å². The average molecular weight is 259 g/mol. The molecule has 108 valence electrons. The molecule has 1 rings (SSSR count). The van der Waals surface area contributed by atoms with Crippen molar-refractivity contribution in [3.05, 3.63) is 0 Å². The Kier molecular flexibility index (Phi) is 8.59. The summed E-state index contributed by atoms with van der Waals surface area (Å²) in [5, 5.41) is 13.0. The van der Waals surface area contributed by atoms with E-state index in [0.717, 1.165) is 45.1 Å². The molecule has 0 spiro atoms. The molecule has 2 N–H and O–H groups in total. The summed E-state index contributed by atoms with van der Waals surface area (Å²) in [6, 6.07) is 0.